The topological polar surface area (TPSA) is 62.2 Å². The molecule has 0 amide bonds. The third-order valence-electron chi connectivity index (χ3n) is 3.86. The average Bonchev–Trinajstić information content (AvgIpc) is 3.09. The molecule has 24 heavy (non-hydrogen) atoms. The predicted molar refractivity (Wildman–Crippen MR) is 97.4 cm³/mol. The number of methoxy groups -OCH3 is 1. The van der Waals surface area contributed by atoms with Crippen molar-refractivity contribution in [3.05, 3.63) is 40.9 Å². The number of hydrogen-bond acceptors (Lipinski definition) is 8. The number of ketones is 1. The molecule has 3 rings (SSSR count). The van der Waals surface area contributed by atoms with E-state index in [1.807, 2.05) is 49.2 Å². The predicted octanol–water partition coefficient (Wildman–Crippen LogP) is 2.84. The number of benzene rings is 1. The Morgan fingerprint density at radius 1 is 1.21 bits per heavy atom. The lowest BCUT2D eigenvalue weighted by molar-refractivity contribution is -0.132. The monoisotopic (exact) mass is 363 g/mol. The van der Waals surface area contributed by atoms with Crippen LogP contribution >= 0.6 is 23.5 Å². The zero-order chi connectivity index (χ0) is 17.5. The van der Waals surface area contributed by atoms with Gasteiger partial charge in [0, 0.05) is 12.7 Å². The number of carbonyl (C=O) groups excluding carboxylic acids is 2. The molecule has 0 aliphatic carbocycles. The zero-order valence-electron chi connectivity index (χ0n) is 13.8. The van der Waals surface area contributed by atoms with Crippen molar-refractivity contribution < 1.29 is 14.3 Å². The van der Waals surface area contributed by atoms with Crippen molar-refractivity contribution >= 4 is 46.0 Å². The number of hydrazone groups is 1. The summed E-state index contributed by atoms with van der Waals surface area (Å²) >= 11 is 2.69. The second kappa shape index (κ2) is 6.18. The molecule has 1 aromatic carbocycles. The molecule has 2 aliphatic heterocycles. The van der Waals surface area contributed by atoms with Crippen LogP contribution in [0.15, 0.2) is 46.0 Å². The molecule has 0 unspecified atom stereocenters. The lowest BCUT2D eigenvalue weighted by Gasteiger charge is -2.39. The van der Waals surface area contributed by atoms with Gasteiger partial charge >= 0.3 is 5.97 Å². The van der Waals surface area contributed by atoms with Gasteiger partial charge in [-0.25, -0.2) is 9.80 Å². The van der Waals surface area contributed by atoms with Gasteiger partial charge in [0.2, 0.25) is 9.37 Å². The van der Waals surface area contributed by atoms with E-state index in [0.29, 0.717) is 4.91 Å². The molecule has 0 radical (unpaired) electrons. The first-order valence-corrected chi connectivity index (χ1v) is 8.90. The van der Waals surface area contributed by atoms with E-state index in [1.54, 1.807) is 11.9 Å². The van der Waals surface area contributed by atoms with Gasteiger partial charge in [-0.2, -0.15) is 5.10 Å². The fourth-order valence-electron chi connectivity index (χ4n) is 2.54. The van der Waals surface area contributed by atoms with Gasteiger partial charge in [-0.15, -0.1) is 0 Å². The van der Waals surface area contributed by atoms with Crippen LogP contribution in [0.25, 0.3) is 0 Å². The first kappa shape index (κ1) is 16.9. The van der Waals surface area contributed by atoms with Gasteiger partial charge in [0.1, 0.15) is 0 Å². The van der Waals surface area contributed by atoms with E-state index in [2.05, 4.69) is 5.10 Å². The van der Waals surface area contributed by atoms with Gasteiger partial charge in [-0.3, -0.25) is 4.79 Å². The van der Waals surface area contributed by atoms with Gasteiger partial charge in [-0.05, 0) is 37.7 Å². The molecule has 2 aliphatic rings. The van der Waals surface area contributed by atoms with Crippen molar-refractivity contribution in [3.8, 4) is 0 Å². The van der Waals surface area contributed by atoms with E-state index in [9.17, 15) is 9.59 Å². The van der Waals surface area contributed by atoms with Gasteiger partial charge in [0.25, 0.3) is 0 Å². The lowest BCUT2D eigenvalue weighted by Crippen LogP contribution is -2.47. The molecule has 1 spiro atoms. The minimum Gasteiger partial charge on any atom is -0.464 e. The molecule has 126 valence electrons. The summed E-state index contributed by atoms with van der Waals surface area (Å²) in [6.07, 6.45) is 0. The van der Waals surface area contributed by atoms with Crippen LogP contribution in [0.2, 0.25) is 0 Å². The summed E-state index contributed by atoms with van der Waals surface area (Å²) in [7, 11) is 3.23. The maximum Gasteiger partial charge on any atom is 0.365 e. The number of rotatable bonds is 3. The minimum absolute atomic E-state index is 0.00125. The number of nitrogens with zero attached hydrogens (tertiary/aromatic N) is 3. The Balaban J connectivity index is 2.07. The maximum atomic E-state index is 12.0. The van der Waals surface area contributed by atoms with Crippen LogP contribution in [-0.2, 0) is 14.3 Å². The van der Waals surface area contributed by atoms with E-state index in [0.717, 1.165) is 11.4 Å². The third kappa shape index (κ3) is 2.50. The molecule has 0 aromatic heterocycles. The van der Waals surface area contributed by atoms with Crippen molar-refractivity contribution in [1.82, 2.24) is 4.90 Å². The highest BCUT2D eigenvalue weighted by atomic mass is 32.2. The molecule has 1 atom stereocenters. The van der Waals surface area contributed by atoms with Crippen LogP contribution in [0, 0.1) is 0 Å². The van der Waals surface area contributed by atoms with Crippen molar-refractivity contribution in [2.45, 2.75) is 18.2 Å². The van der Waals surface area contributed by atoms with Gasteiger partial charge in [0.05, 0.1) is 17.7 Å². The summed E-state index contributed by atoms with van der Waals surface area (Å²) < 4.78 is 4.08. The van der Waals surface area contributed by atoms with Crippen LogP contribution in [-0.4, -0.2) is 40.2 Å². The number of allylic oxidation sites excluding steroid dienone is 2. The SMILES string of the molecule is COC(=O)C1=NN(c2ccccc2)[C@]2(S1)SC(C(C)=O)=C(C)N2C. The first-order valence-electron chi connectivity index (χ1n) is 7.26. The Kier molecular flexibility index (Phi) is 4.35. The van der Waals surface area contributed by atoms with Gasteiger partial charge < -0.3 is 9.64 Å². The summed E-state index contributed by atoms with van der Waals surface area (Å²) in [5, 5.41) is 6.52. The maximum absolute atomic E-state index is 12.0. The number of anilines is 1. The summed E-state index contributed by atoms with van der Waals surface area (Å²) in [6, 6.07) is 9.57. The molecular weight excluding hydrogens is 346 g/mol. The number of carbonyl (C=O) groups is 2. The van der Waals surface area contributed by atoms with Gasteiger partial charge in [0.15, 0.2) is 5.78 Å². The lowest BCUT2D eigenvalue weighted by atomic mass is 10.3. The quantitative estimate of drug-likeness (QED) is 0.765. The molecule has 2 heterocycles. The molecule has 0 fully saturated rings. The van der Waals surface area contributed by atoms with E-state index in [1.165, 1.54) is 30.6 Å². The highest BCUT2D eigenvalue weighted by Crippen LogP contribution is 2.58. The number of thioether (sulfide) groups is 2. The number of hydrogen-bond donors (Lipinski definition) is 0. The van der Waals surface area contributed by atoms with Crippen molar-refractivity contribution in [2.24, 2.45) is 5.10 Å². The highest BCUT2D eigenvalue weighted by Gasteiger charge is 2.55. The van der Waals surface area contributed by atoms with E-state index in [-0.39, 0.29) is 10.8 Å². The Hall–Kier alpha value is -1.93. The number of esters is 1. The molecule has 0 saturated carbocycles. The molecule has 0 N–H and O–H groups in total. The summed E-state index contributed by atoms with van der Waals surface area (Å²) in [5.41, 5.74) is 1.70. The Morgan fingerprint density at radius 3 is 2.42 bits per heavy atom. The van der Waals surface area contributed by atoms with Gasteiger partial charge in [-0.1, -0.05) is 30.0 Å². The first-order chi connectivity index (χ1) is 11.4. The fourth-order valence-corrected chi connectivity index (χ4v) is 5.45. The Morgan fingerprint density at radius 2 is 1.88 bits per heavy atom. The Labute approximate surface area is 148 Å². The van der Waals surface area contributed by atoms with E-state index in [4.69, 9.17) is 4.74 Å². The molecule has 0 saturated heterocycles. The normalized spacial score (nSPS) is 23.1. The highest BCUT2D eigenvalue weighted by molar-refractivity contribution is 8.28. The second-order valence-electron chi connectivity index (χ2n) is 5.33. The zero-order valence-corrected chi connectivity index (χ0v) is 15.4. The second-order valence-corrected chi connectivity index (χ2v) is 7.93. The summed E-state index contributed by atoms with van der Waals surface area (Å²) in [4.78, 5) is 26.7. The number of para-hydroxylation sites is 1. The van der Waals surface area contributed by atoms with Crippen molar-refractivity contribution in [1.29, 1.82) is 0 Å². The average molecular weight is 363 g/mol. The molecule has 6 nitrogen and oxygen atoms in total. The third-order valence-corrected chi connectivity index (χ3v) is 7.01. The van der Waals surface area contributed by atoms with Crippen LogP contribution < -0.4 is 5.01 Å². The molecule has 1 aromatic rings. The van der Waals surface area contributed by atoms with Crippen LogP contribution in [0.4, 0.5) is 5.69 Å². The largest absolute Gasteiger partial charge is 0.464 e. The summed E-state index contributed by atoms with van der Waals surface area (Å²) in [5.74, 6) is -0.484. The number of ether oxygens (including phenoxy) is 1. The minimum atomic E-state index is -0.754. The van der Waals surface area contributed by atoms with Crippen LogP contribution in [0.5, 0.6) is 0 Å². The van der Waals surface area contributed by atoms with Crippen LogP contribution in [0.3, 0.4) is 0 Å². The number of Topliss-reactive ketones (excluding diaryl/α,β-unsaturated/α-hetero) is 1. The summed E-state index contributed by atoms with van der Waals surface area (Å²) in [6.45, 7) is 3.45. The molecule has 8 heteroatoms. The fraction of sp³-hybridized carbons (Fsp3) is 0.312. The smallest absolute Gasteiger partial charge is 0.365 e. The molecule has 0 bridgehead atoms. The molecular formula is C16H17N3O3S2. The van der Waals surface area contributed by atoms with E-state index < -0.39 is 10.3 Å². The van der Waals surface area contributed by atoms with Crippen molar-refractivity contribution in [2.75, 3.05) is 19.2 Å². The van der Waals surface area contributed by atoms with E-state index >= 15 is 0 Å². The van der Waals surface area contributed by atoms with Crippen LogP contribution in [0.1, 0.15) is 13.8 Å². The standard InChI is InChI=1S/C16H17N3O3S2/c1-10-13(11(2)20)23-16(18(10)3)19(12-8-6-5-7-9-12)17-14(24-16)15(21)22-4/h5-9H,1-4H3/t16-/m0/s1. The van der Waals surface area contributed by atoms with Crippen molar-refractivity contribution in [3.63, 3.8) is 0 Å². The Bertz CT molecular complexity index is 763.